The summed E-state index contributed by atoms with van der Waals surface area (Å²) in [5, 5.41) is -0.623. The molecule has 0 saturated heterocycles. The summed E-state index contributed by atoms with van der Waals surface area (Å²) < 4.78 is 69.8. The van der Waals surface area contributed by atoms with Crippen molar-refractivity contribution in [1.82, 2.24) is 0 Å². The maximum absolute atomic E-state index is 13.1. The molecule has 1 N–H and O–H groups in total. The molecule has 1 aromatic heterocycles. The molecule has 0 atom stereocenters. The van der Waals surface area contributed by atoms with Crippen molar-refractivity contribution in [2.75, 3.05) is 0 Å². The Morgan fingerprint density at radius 1 is 0.781 bits per heavy atom. The molecule has 1 heterocycles. The van der Waals surface area contributed by atoms with E-state index in [1.54, 1.807) is 30.3 Å². The van der Waals surface area contributed by atoms with Crippen molar-refractivity contribution in [3.8, 4) is 0 Å². The van der Waals surface area contributed by atoms with Crippen LogP contribution in [0.3, 0.4) is 0 Å². The Morgan fingerprint density at radius 3 is 1.97 bits per heavy atom. The van der Waals surface area contributed by atoms with Gasteiger partial charge in [0, 0.05) is 10.9 Å². The van der Waals surface area contributed by atoms with Crippen molar-refractivity contribution in [1.29, 1.82) is 0 Å². The summed E-state index contributed by atoms with van der Waals surface area (Å²) in [6.07, 6.45) is 0. The highest BCUT2D eigenvalue weighted by molar-refractivity contribution is 7.90. The average Bonchev–Trinajstić information content (AvgIpc) is 2.78. The summed E-state index contributed by atoms with van der Waals surface area (Å²) in [5.74, 6) is -1.61. The zero-order valence-corrected chi connectivity index (χ0v) is 17.9. The third kappa shape index (κ3) is 4.11. The predicted octanol–water partition coefficient (Wildman–Crippen LogP) is 3.20. The number of hydrogen-bond acceptors (Lipinski definition) is 6. The third-order valence-electron chi connectivity index (χ3n) is 4.53. The number of benzene rings is 3. The number of nitrogens with zero attached hydrogens (tertiary/aromatic N) is 1. The smallest absolute Gasteiger partial charge is 0.300 e. The van der Waals surface area contributed by atoms with E-state index in [0.29, 0.717) is 0 Å². The van der Waals surface area contributed by atoms with Gasteiger partial charge in [-0.05, 0) is 24.3 Å². The van der Waals surface area contributed by atoms with Gasteiger partial charge in [-0.2, -0.15) is 21.2 Å². The standard InChI is InChI=1S/C22H15NO7S2/c24-20(15-9-3-1-4-10-15)21-22(32(27,28)29)19(17-13-7-8-14-18(17)30-21)23-31(25,26)16-11-5-2-6-12-16/h1-14H,(H,27,28,29). The van der Waals surface area contributed by atoms with Gasteiger partial charge >= 0.3 is 10.1 Å². The molecule has 0 spiro atoms. The van der Waals surface area contributed by atoms with Crippen LogP contribution in [0.5, 0.6) is 0 Å². The van der Waals surface area contributed by atoms with E-state index in [0.717, 1.165) is 0 Å². The van der Waals surface area contributed by atoms with E-state index in [1.165, 1.54) is 54.6 Å². The van der Waals surface area contributed by atoms with Gasteiger partial charge in [-0.25, -0.2) is 0 Å². The van der Waals surface area contributed by atoms with E-state index in [2.05, 4.69) is 4.40 Å². The van der Waals surface area contributed by atoms with Crippen LogP contribution in [0.1, 0.15) is 16.1 Å². The Kier molecular flexibility index (Phi) is 5.51. The minimum Gasteiger partial charge on any atom is -0.451 e. The van der Waals surface area contributed by atoms with Crippen molar-refractivity contribution in [3.05, 3.63) is 102 Å². The number of hydrogen-bond donors (Lipinski definition) is 1. The van der Waals surface area contributed by atoms with Crippen LogP contribution in [-0.4, -0.2) is 27.2 Å². The zero-order chi connectivity index (χ0) is 22.9. The van der Waals surface area contributed by atoms with Crippen molar-refractivity contribution in [3.63, 3.8) is 0 Å². The Bertz CT molecular complexity index is 1610. The highest BCUT2D eigenvalue weighted by Crippen LogP contribution is 2.23. The molecule has 0 aliphatic carbocycles. The van der Waals surface area contributed by atoms with Gasteiger partial charge in [-0.1, -0.05) is 60.7 Å². The van der Waals surface area contributed by atoms with Crippen LogP contribution in [0.4, 0.5) is 0 Å². The molecule has 0 amide bonds. The molecule has 162 valence electrons. The van der Waals surface area contributed by atoms with Gasteiger partial charge in [-0.15, -0.1) is 0 Å². The quantitative estimate of drug-likeness (QED) is 0.351. The first kappa shape index (κ1) is 21.6. The minimum atomic E-state index is -5.14. The molecule has 0 saturated carbocycles. The molecule has 0 radical (unpaired) electrons. The van der Waals surface area contributed by atoms with Crippen LogP contribution < -0.4 is 5.36 Å². The van der Waals surface area contributed by atoms with Crippen LogP contribution >= 0.6 is 0 Å². The van der Waals surface area contributed by atoms with Crippen LogP contribution in [0.15, 0.2) is 104 Å². The van der Waals surface area contributed by atoms with Crippen molar-refractivity contribution >= 4 is 36.9 Å². The molecule has 8 nitrogen and oxygen atoms in total. The number of carbonyl (C=O) groups excluding carboxylic acids is 1. The van der Waals surface area contributed by atoms with Gasteiger partial charge in [0.25, 0.3) is 10.0 Å². The molecular formula is C22H15NO7S2. The normalized spacial score (nSPS) is 12.7. The second-order valence-electron chi connectivity index (χ2n) is 6.65. The lowest BCUT2D eigenvalue weighted by Crippen LogP contribution is -2.23. The SMILES string of the molecule is O=C(c1ccccc1)c1oc2ccccc2c(=NS(=O)(=O)c2ccccc2)c1S(=O)(=O)O. The topological polar surface area (TPSA) is 131 Å². The van der Waals surface area contributed by atoms with E-state index < -0.39 is 41.9 Å². The highest BCUT2D eigenvalue weighted by Gasteiger charge is 2.29. The summed E-state index contributed by atoms with van der Waals surface area (Å²) >= 11 is 0. The van der Waals surface area contributed by atoms with Gasteiger partial charge in [-0.3, -0.25) is 9.35 Å². The van der Waals surface area contributed by atoms with Gasteiger partial charge in [0.15, 0.2) is 10.7 Å². The zero-order valence-electron chi connectivity index (χ0n) is 16.2. The summed E-state index contributed by atoms with van der Waals surface area (Å²) in [5.41, 5.74) is 0.0921. The lowest BCUT2D eigenvalue weighted by Gasteiger charge is -2.09. The molecule has 3 aromatic carbocycles. The second kappa shape index (κ2) is 8.15. The number of rotatable bonds is 5. The molecule has 0 unspecified atom stereocenters. The van der Waals surface area contributed by atoms with Gasteiger partial charge in [0.05, 0.1) is 4.90 Å². The van der Waals surface area contributed by atoms with Crippen LogP contribution in [0.2, 0.25) is 0 Å². The molecule has 0 fully saturated rings. The Morgan fingerprint density at radius 2 is 1.34 bits per heavy atom. The fraction of sp³-hybridized carbons (Fsp3) is 0. The van der Waals surface area contributed by atoms with Gasteiger partial charge < -0.3 is 4.42 Å². The van der Waals surface area contributed by atoms with Crippen molar-refractivity contribution in [2.24, 2.45) is 4.40 Å². The molecule has 32 heavy (non-hydrogen) atoms. The second-order valence-corrected chi connectivity index (χ2v) is 9.62. The molecular weight excluding hydrogens is 454 g/mol. The first-order valence-electron chi connectivity index (χ1n) is 9.17. The van der Waals surface area contributed by atoms with E-state index in [4.69, 9.17) is 4.42 Å². The number of carbonyl (C=O) groups is 1. The summed E-state index contributed by atoms with van der Waals surface area (Å²) in [7, 11) is -9.53. The Balaban J connectivity index is 2.16. The summed E-state index contributed by atoms with van der Waals surface area (Å²) in [6.45, 7) is 0. The molecule has 0 aliphatic rings. The largest absolute Gasteiger partial charge is 0.451 e. The Labute approximate surface area is 183 Å². The molecule has 4 aromatic rings. The van der Waals surface area contributed by atoms with Crippen LogP contribution in [0, 0.1) is 0 Å². The maximum atomic E-state index is 13.1. The number of para-hydroxylation sites is 1. The van der Waals surface area contributed by atoms with Gasteiger partial charge in [0.2, 0.25) is 5.78 Å². The fourth-order valence-electron chi connectivity index (χ4n) is 3.10. The van der Waals surface area contributed by atoms with Crippen LogP contribution in [0.25, 0.3) is 11.0 Å². The minimum absolute atomic E-state index is 0.00996. The predicted molar refractivity (Wildman–Crippen MR) is 115 cm³/mol. The van der Waals surface area contributed by atoms with E-state index in [9.17, 15) is 26.2 Å². The van der Waals surface area contributed by atoms with E-state index >= 15 is 0 Å². The Hall–Kier alpha value is -3.60. The number of fused-ring (bicyclic) bond motifs is 1. The van der Waals surface area contributed by atoms with Gasteiger partial charge in [0.1, 0.15) is 10.9 Å². The first-order chi connectivity index (χ1) is 15.2. The molecule has 4 rings (SSSR count). The monoisotopic (exact) mass is 469 g/mol. The fourth-order valence-corrected chi connectivity index (χ4v) is 4.97. The molecule has 0 aliphatic heterocycles. The lowest BCUT2D eigenvalue weighted by atomic mass is 10.1. The first-order valence-corrected chi connectivity index (χ1v) is 12.1. The van der Waals surface area contributed by atoms with Crippen molar-refractivity contribution < 1.29 is 30.6 Å². The molecule has 0 bridgehead atoms. The third-order valence-corrected chi connectivity index (χ3v) is 6.71. The lowest BCUT2D eigenvalue weighted by molar-refractivity contribution is 0.100. The highest BCUT2D eigenvalue weighted by atomic mass is 32.2. The number of ketones is 1. The average molecular weight is 469 g/mol. The summed E-state index contributed by atoms with van der Waals surface area (Å²) in [6, 6.07) is 20.7. The van der Waals surface area contributed by atoms with E-state index in [-0.39, 0.29) is 21.4 Å². The van der Waals surface area contributed by atoms with Crippen LogP contribution in [-0.2, 0) is 20.1 Å². The number of sulfonamides is 1. The van der Waals surface area contributed by atoms with E-state index in [1.807, 2.05) is 0 Å². The maximum Gasteiger partial charge on any atom is 0.300 e. The summed E-state index contributed by atoms with van der Waals surface area (Å²) in [4.78, 5) is 11.9. The van der Waals surface area contributed by atoms with Crippen molar-refractivity contribution in [2.45, 2.75) is 9.79 Å². The molecule has 10 heteroatoms.